The number of hydrogen-bond donors (Lipinski definition) is 0. The van der Waals surface area contributed by atoms with Gasteiger partial charge in [0.25, 0.3) is 5.91 Å². The number of amides is 1. The molecule has 1 saturated heterocycles. The number of carbonyl (C=O) groups excluding carboxylic acids is 1. The zero-order valence-corrected chi connectivity index (χ0v) is 20.0. The van der Waals surface area contributed by atoms with Gasteiger partial charge in [-0.2, -0.15) is 0 Å². The van der Waals surface area contributed by atoms with E-state index in [2.05, 4.69) is 39.0 Å². The first-order valence-corrected chi connectivity index (χ1v) is 11.6. The molecule has 0 spiro atoms. The zero-order valence-electron chi connectivity index (χ0n) is 18.4. The van der Waals surface area contributed by atoms with Crippen LogP contribution in [0.3, 0.4) is 0 Å². The van der Waals surface area contributed by atoms with E-state index in [4.69, 9.17) is 4.74 Å². The van der Waals surface area contributed by atoms with Crippen molar-refractivity contribution < 1.29 is 9.53 Å². The number of nitrogens with zero attached hydrogens (tertiary/aromatic N) is 4. The van der Waals surface area contributed by atoms with Crippen LogP contribution in [-0.2, 0) is 22.3 Å². The Labute approximate surface area is 199 Å². The third-order valence-corrected chi connectivity index (χ3v) is 6.90. The van der Waals surface area contributed by atoms with Gasteiger partial charge in [0.15, 0.2) is 11.3 Å². The van der Waals surface area contributed by atoms with Crippen LogP contribution in [0, 0.1) is 0 Å². The lowest BCUT2D eigenvalue weighted by atomic mass is 9.95. The first kappa shape index (κ1) is 24.3. The van der Waals surface area contributed by atoms with Crippen molar-refractivity contribution in [3.05, 3.63) is 77.6 Å². The van der Waals surface area contributed by atoms with Gasteiger partial charge in [0.05, 0.1) is 0 Å². The van der Waals surface area contributed by atoms with Crippen molar-refractivity contribution in [1.29, 1.82) is 0 Å². The van der Waals surface area contributed by atoms with Crippen LogP contribution < -0.4 is 0 Å². The van der Waals surface area contributed by atoms with Crippen LogP contribution in [0.4, 0.5) is 0 Å². The number of carbonyl (C=O) groups is 1. The molecule has 0 bridgehead atoms. The molecular formula is C24H29ClN4O2S. The minimum absolute atomic E-state index is 0. The second-order valence-electron chi connectivity index (χ2n) is 7.80. The number of aromatic nitrogens is 3. The van der Waals surface area contributed by atoms with Gasteiger partial charge in [-0.15, -0.1) is 22.6 Å². The lowest BCUT2D eigenvalue weighted by Gasteiger charge is -2.33. The summed E-state index contributed by atoms with van der Waals surface area (Å²) in [6.07, 6.45) is 1.21. The molecule has 0 saturated carbocycles. The van der Waals surface area contributed by atoms with E-state index >= 15 is 0 Å². The molecule has 0 aliphatic carbocycles. The maximum atomic E-state index is 13.0. The largest absolute Gasteiger partial charge is 0.367 e. The molecule has 0 N–H and O–H groups in total. The smallest absolute Gasteiger partial charge is 0.256 e. The summed E-state index contributed by atoms with van der Waals surface area (Å²) >= 11 is 1.70. The fourth-order valence-electron chi connectivity index (χ4n) is 4.06. The third kappa shape index (κ3) is 5.52. The lowest BCUT2D eigenvalue weighted by molar-refractivity contribution is -0.143. The molecule has 2 heterocycles. The molecule has 1 unspecified atom stereocenters. The van der Waals surface area contributed by atoms with Crippen molar-refractivity contribution in [3.8, 4) is 0 Å². The van der Waals surface area contributed by atoms with E-state index < -0.39 is 6.10 Å². The zero-order chi connectivity index (χ0) is 21.6. The molecular weight excluding hydrogens is 444 g/mol. The third-order valence-electron chi connectivity index (χ3n) is 5.81. The second-order valence-corrected chi connectivity index (χ2v) is 8.74. The molecule has 170 valence electrons. The highest BCUT2D eigenvalue weighted by Gasteiger charge is 2.31. The molecule has 1 aliphatic rings. The number of benzene rings is 2. The summed E-state index contributed by atoms with van der Waals surface area (Å²) in [7, 11) is 3.63. The molecule has 4 rings (SSSR count). The molecule has 1 aromatic heterocycles. The molecule has 3 aromatic rings. The summed E-state index contributed by atoms with van der Waals surface area (Å²) in [4.78, 5) is 14.9. The summed E-state index contributed by atoms with van der Waals surface area (Å²) in [5, 5.41) is 9.83. The number of piperidine rings is 1. The monoisotopic (exact) mass is 472 g/mol. The minimum atomic E-state index is -0.548. The highest BCUT2D eigenvalue weighted by atomic mass is 35.5. The molecule has 1 amide bonds. The number of likely N-dealkylation sites (tertiary alicyclic amines) is 1. The Morgan fingerprint density at radius 3 is 2.31 bits per heavy atom. The van der Waals surface area contributed by atoms with Crippen molar-refractivity contribution in [2.75, 3.05) is 20.2 Å². The maximum absolute atomic E-state index is 13.0. The summed E-state index contributed by atoms with van der Waals surface area (Å²) in [5.74, 6) is 2.22. The van der Waals surface area contributed by atoms with E-state index in [1.165, 1.54) is 5.56 Å². The van der Waals surface area contributed by atoms with Crippen molar-refractivity contribution in [2.45, 2.75) is 35.8 Å². The average Bonchev–Trinajstić information content (AvgIpc) is 3.20. The van der Waals surface area contributed by atoms with Crippen molar-refractivity contribution in [3.63, 3.8) is 0 Å². The van der Waals surface area contributed by atoms with E-state index in [9.17, 15) is 4.79 Å². The van der Waals surface area contributed by atoms with Crippen LogP contribution in [0.15, 0.2) is 65.8 Å². The fourth-order valence-corrected chi connectivity index (χ4v) is 4.93. The molecule has 1 fully saturated rings. The van der Waals surface area contributed by atoms with Gasteiger partial charge in [0.1, 0.15) is 5.82 Å². The first-order chi connectivity index (χ1) is 15.2. The number of hydrogen-bond acceptors (Lipinski definition) is 5. The topological polar surface area (TPSA) is 60.2 Å². The van der Waals surface area contributed by atoms with Crippen LogP contribution in [0.2, 0.25) is 0 Å². The fraction of sp³-hybridized carbons (Fsp3) is 0.375. The number of ether oxygens (including phenoxy) is 1. The summed E-state index contributed by atoms with van der Waals surface area (Å²) < 4.78 is 7.64. The Balaban J connectivity index is 0.00000289. The Kier molecular flexibility index (Phi) is 8.73. The van der Waals surface area contributed by atoms with Crippen LogP contribution in [-0.4, -0.2) is 45.8 Å². The Morgan fingerprint density at radius 1 is 1.06 bits per heavy atom. The van der Waals surface area contributed by atoms with Gasteiger partial charge >= 0.3 is 0 Å². The predicted molar refractivity (Wildman–Crippen MR) is 129 cm³/mol. The van der Waals surface area contributed by atoms with Gasteiger partial charge in [-0.3, -0.25) is 4.79 Å². The highest BCUT2D eigenvalue weighted by Crippen LogP contribution is 2.31. The van der Waals surface area contributed by atoms with Gasteiger partial charge in [-0.1, -0.05) is 72.4 Å². The maximum Gasteiger partial charge on any atom is 0.256 e. The molecule has 1 aliphatic heterocycles. The van der Waals surface area contributed by atoms with E-state index in [1.54, 1.807) is 18.9 Å². The van der Waals surface area contributed by atoms with Gasteiger partial charge in [-0.25, -0.2) is 0 Å². The van der Waals surface area contributed by atoms with Crippen LogP contribution in [0.5, 0.6) is 0 Å². The molecule has 32 heavy (non-hydrogen) atoms. The number of thioether (sulfide) groups is 1. The van der Waals surface area contributed by atoms with Gasteiger partial charge in [0, 0.05) is 38.9 Å². The molecule has 8 heteroatoms. The summed E-state index contributed by atoms with van der Waals surface area (Å²) in [6.45, 7) is 1.41. The van der Waals surface area contributed by atoms with Crippen molar-refractivity contribution in [2.24, 2.45) is 7.05 Å². The summed E-state index contributed by atoms with van der Waals surface area (Å²) in [6, 6.07) is 20.1. The van der Waals surface area contributed by atoms with Gasteiger partial charge < -0.3 is 14.2 Å². The van der Waals surface area contributed by atoms with Crippen LogP contribution in [0.1, 0.15) is 41.8 Å². The van der Waals surface area contributed by atoms with Gasteiger partial charge in [-0.05, 0) is 24.0 Å². The highest BCUT2D eigenvalue weighted by molar-refractivity contribution is 7.98. The van der Waals surface area contributed by atoms with Crippen molar-refractivity contribution in [1.82, 2.24) is 19.7 Å². The number of halogens is 1. The SMILES string of the molecule is COC(C(=O)N1CCC(c2nnc(SCc3ccccc3)n2C)CC1)c1ccccc1.Cl. The quantitative estimate of drug-likeness (QED) is 0.469. The Morgan fingerprint density at radius 2 is 1.69 bits per heavy atom. The van der Waals surface area contributed by atoms with E-state index in [0.717, 1.165) is 35.1 Å². The average molecular weight is 473 g/mol. The van der Waals surface area contributed by atoms with Crippen LogP contribution in [0.25, 0.3) is 0 Å². The van der Waals surface area contributed by atoms with E-state index in [0.29, 0.717) is 19.0 Å². The summed E-state index contributed by atoms with van der Waals surface area (Å²) in [5.41, 5.74) is 2.17. The molecule has 1 atom stereocenters. The Bertz CT molecular complexity index is 992. The van der Waals surface area contributed by atoms with Crippen LogP contribution >= 0.6 is 24.2 Å². The number of methoxy groups -OCH3 is 1. The van der Waals surface area contributed by atoms with Crippen molar-refractivity contribution >= 4 is 30.1 Å². The molecule has 2 aromatic carbocycles. The lowest BCUT2D eigenvalue weighted by Crippen LogP contribution is -2.41. The van der Waals surface area contributed by atoms with E-state index in [1.807, 2.05) is 48.3 Å². The molecule has 6 nitrogen and oxygen atoms in total. The Hall–Kier alpha value is -2.35. The second kappa shape index (κ2) is 11.5. The molecule has 0 radical (unpaired) electrons. The standard InChI is InChI=1S/C24H28N4O2S.ClH/c1-27-22(25-26-24(27)31-17-18-9-5-3-6-10-18)20-13-15-28(16-14-20)23(29)21(30-2)19-11-7-4-8-12-19;/h3-12,20-21H,13-17H2,1-2H3;1H. The normalized spacial score (nSPS) is 15.2. The van der Waals surface area contributed by atoms with E-state index in [-0.39, 0.29) is 18.3 Å². The first-order valence-electron chi connectivity index (χ1n) is 10.6. The predicted octanol–water partition coefficient (Wildman–Crippen LogP) is 4.62. The number of rotatable bonds is 7. The minimum Gasteiger partial charge on any atom is -0.367 e. The van der Waals surface area contributed by atoms with Gasteiger partial charge in [0.2, 0.25) is 0 Å².